The lowest BCUT2D eigenvalue weighted by Crippen LogP contribution is -2.41. The molecule has 2 unspecified atom stereocenters. The van der Waals surface area contributed by atoms with Crippen LogP contribution in [-0.4, -0.2) is 27.7 Å². The minimum atomic E-state index is -1.12. The Hall–Kier alpha value is -1.46. The van der Waals surface area contributed by atoms with Crippen LogP contribution in [0.2, 0.25) is 0 Å². The first-order valence-corrected chi connectivity index (χ1v) is 5.79. The van der Waals surface area contributed by atoms with Gasteiger partial charge >= 0.3 is 5.97 Å². The number of rotatable bonds is 3. The van der Waals surface area contributed by atoms with Crippen LogP contribution in [0, 0.1) is 6.92 Å². The molecule has 0 saturated heterocycles. The number of nitrogens with two attached hydrogens (primary N) is 1. The fourth-order valence-electron chi connectivity index (χ4n) is 1.48. The number of ether oxygens (including phenoxy) is 1. The van der Waals surface area contributed by atoms with E-state index in [1.54, 1.807) is 33.0 Å². The monoisotopic (exact) mass is 252 g/mol. The maximum Gasteiger partial charge on any atom is 0.326 e. The van der Waals surface area contributed by atoms with Crippen LogP contribution in [0.1, 0.15) is 38.0 Å². The maximum absolute atomic E-state index is 11.8. The minimum Gasteiger partial charge on any atom is -0.459 e. The summed E-state index contributed by atoms with van der Waals surface area (Å²) in [4.78, 5) is 15.7. The van der Waals surface area contributed by atoms with Gasteiger partial charge in [-0.2, -0.15) is 0 Å². The number of hydrogen-bond acceptors (Lipinski definition) is 5. The number of carbonyl (C=O) groups excluding carboxylic acids is 1. The van der Waals surface area contributed by atoms with Gasteiger partial charge in [-0.3, -0.25) is 9.78 Å². The van der Waals surface area contributed by atoms with Gasteiger partial charge < -0.3 is 15.6 Å². The largest absolute Gasteiger partial charge is 0.459 e. The van der Waals surface area contributed by atoms with Gasteiger partial charge in [-0.15, -0.1) is 0 Å². The first kappa shape index (κ1) is 14.6. The fourth-order valence-corrected chi connectivity index (χ4v) is 1.48. The zero-order chi connectivity index (χ0) is 13.9. The van der Waals surface area contributed by atoms with E-state index in [1.165, 1.54) is 6.20 Å². The van der Waals surface area contributed by atoms with Crippen molar-refractivity contribution in [1.29, 1.82) is 0 Å². The number of aryl methyl sites for hydroxylation is 1. The minimum absolute atomic E-state index is 0.538. The van der Waals surface area contributed by atoms with E-state index in [-0.39, 0.29) is 0 Å². The van der Waals surface area contributed by atoms with Crippen molar-refractivity contribution < 1.29 is 14.6 Å². The Morgan fingerprint density at radius 3 is 2.61 bits per heavy atom. The highest BCUT2D eigenvalue weighted by molar-refractivity contribution is 5.77. The Morgan fingerprint density at radius 2 is 2.11 bits per heavy atom. The lowest BCUT2D eigenvalue weighted by Gasteiger charge is -2.25. The number of nitrogens with zero attached hydrogens (tertiary/aromatic N) is 1. The molecule has 3 N–H and O–H groups in total. The number of carbonyl (C=O) groups is 1. The van der Waals surface area contributed by atoms with Crippen molar-refractivity contribution in [2.75, 3.05) is 0 Å². The summed E-state index contributed by atoms with van der Waals surface area (Å²) >= 11 is 0. The van der Waals surface area contributed by atoms with E-state index in [4.69, 9.17) is 10.5 Å². The third kappa shape index (κ3) is 3.78. The van der Waals surface area contributed by atoms with Crippen LogP contribution in [0.5, 0.6) is 0 Å². The first-order valence-electron chi connectivity index (χ1n) is 5.79. The molecule has 0 amide bonds. The second-order valence-corrected chi connectivity index (χ2v) is 5.24. The molecule has 1 aromatic rings. The second-order valence-electron chi connectivity index (χ2n) is 5.24. The molecule has 0 saturated carbocycles. The lowest BCUT2D eigenvalue weighted by molar-refractivity contribution is -0.159. The Balaban J connectivity index is 2.82. The molecule has 0 aliphatic heterocycles. The lowest BCUT2D eigenvalue weighted by atomic mass is 10.0. The first-order chi connectivity index (χ1) is 8.22. The molecule has 0 bridgehead atoms. The van der Waals surface area contributed by atoms with Crippen molar-refractivity contribution in [3.63, 3.8) is 0 Å². The van der Waals surface area contributed by atoms with E-state index in [1.807, 2.05) is 6.92 Å². The highest BCUT2D eigenvalue weighted by Gasteiger charge is 2.29. The molecule has 1 aromatic heterocycles. The Kier molecular flexibility index (Phi) is 4.43. The van der Waals surface area contributed by atoms with Gasteiger partial charge in [-0.25, -0.2) is 0 Å². The van der Waals surface area contributed by atoms with E-state index in [9.17, 15) is 9.90 Å². The van der Waals surface area contributed by atoms with Crippen LogP contribution >= 0.6 is 0 Å². The second kappa shape index (κ2) is 5.46. The Morgan fingerprint density at radius 1 is 1.50 bits per heavy atom. The van der Waals surface area contributed by atoms with E-state index in [0.717, 1.165) is 5.56 Å². The van der Waals surface area contributed by atoms with Gasteiger partial charge in [0.15, 0.2) is 0 Å². The molecule has 1 rings (SSSR count). The predicted molar refractivity (Wildman–Crippen MR) is 67.8 cm³/mol. The average Bonchev–Trinajstić information content (AvgIpc) is 2.25. The number of pyridine rings is 1. The number of aliphatic hydroxyl groups excluding tert-OH is 1. The Labute approximate surface area is 107 Å². The highest BCUT2D eigenvalue weighted by atomic mass is 16.6. The van der Waals surface area contributed by atoms with Crippen molar-refractivity contribution in [3.8, 4) is 0 Å². The zero-order valence-electron chi connectivity index (χ0n) is 11.2. The molecule has 5 nitrogen and oxygen atoms in total. The third-order valence-corrected chi connectivity index (χ3v) is 2.42. The van der Waals surface area contributed by atoms with Crippen molar-refractivity contribution in [1.82, 2.24) is 4.98 Å². The summed E-state index contributed by atoms with van der Waals surface area (Å²) < 4.78 is 5.14. The van der Waals surface area contributed by atoms with Crippen LogP contribution in [0.25, 0.3) is 0 Å². The van der Waals surface area contributed by atoms with Gasteiger partial charge in [-0.1, -0.05) is 0 Å². The molecular formula is C13H20N2O3. The van der Waals surface area contributed by atoms with Crippen molar-refractivity contribution in [3.05, 3.63) is 29.6 Å². The topological polar surface area (TPSA) is 85.4 Å². The summed E-state index contributed by atoms with van der Waals surface area (Å²) in [7, 11) is 0. The molecule has 0 fully saturated rings. The van der Waals surface area contributed by atoms with Crippen LogP contribution in [0.15, 0.2) is 18.5 Å². The fraction of sp³-hybridized carbons (Fsp3) is 0.538. The maximum atomic E-state index is 11.8. The molecule has 0 aliphatic carbocycles. The molecule has 0 aliphatic rings. The number of aromatic nitrogens is 1. The SMILES string of the molecule is Cc1ccncc1C(O)C(N)C(=O)OC(C)(C)C. The molecule has 2 atom stereocenters. The van der Waals surface area contributed by atoms with E-state index in [2.05, 4.69) is 4.98 Å². The number of hydrogen-bond donors (Lipinski definition) is 2. The van der Waals surface area contributed by atoms with E-state index in [0.29, 0.717) is 5.56 Å². The van der Waals surface area contributed by atoms with Crippen LogP contribution in [-0.2, 0) is 9.53 Å². The highest BCUT2D eigenvalue weighted by Crippen LogP contribution is 2.20. The van der Waals surface area contributed by atoms with Gasteiger partial charge in [0.25, 0.3) is 0 Å². The van der Waals surface area contributed by atoms with Gasteiger partial charge in [0.1, 0.15) is 17.7 Å². The molecule has 0 aromatic carbocycles. The molecule has 5 heteroatoms. The smallest absolute Gasteiger partial charge is 0.326 e. The quantitative estimate of drug-likeness (QED) is 0.787. The molecule has 18 heavy (non-hydrogen) atoms. The summed E-state index contributed by atoms with van der Waals surface area (Å²) in [5.41, 5.74) is 6.46. The molecule has 1 heterocycles. The van der Waals surface area contributed by atoms with Crippen molar-refractivity contribution >= 4 is 5.97 Å². The standard InChI is InChI=1S/C13H20N2O3/c1-8-5-6-15-7-9(8)11(16)10(14)12(17)18-13(2,3)4/h5-7,10-11,16H,14H2,1-4H3. The van der Waals surface area contributed by atoms with Crippen LogP contribution < -0.4 is 5.73 Å². The third-order valence-electron chi connectivity index (χ3n) is 2.42. The van der Waals surface area contributed by atoms with Gasteiger partial charge in [0.2, 0.25) is 0 Å². The summed E-state index contributed by atoms with van der Waals surface area (Å²) in [6.45, 7) is 7.07. The number of aliphatic hydroxyl groups is 1. The van der Waals surface area contributed by atoms with Crippen LogP contribution in [0.4, 0.5) is 0 Å². The van der Waals surface area contributed by atoms with Crippen molar-refractivity contribution in [2.24, 2.45) is 5.73 Å². The van der Waals surface area contributed by atoms with Gasteiger partial charge in [0, 0.05) is 18.0 Å². The van der Waals surface area contributed by atoms with Crippen LogP contribution in [0.3, 0.4) is 0 Å². The summed E-state index contributed by atoms with van der Waals surface area (Å²) in [6.07, 6.45) is 2.00. The molecule has 100 valence electrons. The van der Waals surface area contributed by atoms with Gasteiger partial charge in [0.05, 0.1) is 0 Å². The molecular weight excluding hydrogens is 232 g/mol. The van der Waals surface area contributed by atoms with E-state index >= 15 is 0 Å². The zero-order valence-corrected chi connectivity index (χ0v) is 11.2. The summed E-state index contributed by atoms with van der Waals surface area (Å²) in [5.74, 6) is -0.627. The molecule has 0 spiro atoms. The summed E-state index contributed by atoms with van der Waals surface area (Å²) in [5, 5.41) is 10.1. The normalized spacial score (nSPS) is 15.0. The van der Waals surface area contributed by atoms with Crippen molar-refractivity contribution in [2.45, 2.75) is 45.4 Å². The molecule has 0 radical (unpaired) electrons. The number of esters is 1. The summed E-state index contributed by atoms with van der Waals surface area (Å²) in [6, 6.07) is 0.632. The average molecular weight is 252 g/mol. The van der Waals surface area contributed by atoms with E-state index < -0.39 is 23.7 Å². The predicted octanol–water partition coefficient (Wildman–Crippen LogP) is 1.09. The van der Waals surface area contributed by atoms with Gasteiger partial charge in [-0.05, 0) is 39.3 Å². The Bertz CT molecular complexity index is 426.